The van der Waals surface area contributed by atoms with Gasteiger partial charge in [-0.25, -0.2) is 0 Å². The zero-order valence-corrected chi connectivity index (χ0v) is 9.59. The number of hydrogen-bond acceptors (Lipinski definition) is 4. The Bertz CT molecular complexity index is 230. The Hall–Kier alpha value is -1.14. The van der Waals surface area contributed by atoms with Crippen molar-refractivity contribution < 1.29 is 19.8 Å². The lowest BCUT2D eigenvalue weighted by atomic mass is 10.3. The number of amides is 2. The van der Waals surface area contributed by atoms with Gasteiger partial charge in [-0.3, -0.25) is 9.59 Å². The highest BCUT2D eigenvalue weighted by molar-refractivity contribution is 5.82. The van der Waals surface area contributed by atoms with Crippen LogP contribution in [0.3, 0.4) is 0 Å². The fraction of sp³-hybridized carbons (Fsp3) is 0.800. The quantitative estimate of drug-likeness (QED) is 0.526. The van der Waals surface area contributed by atoms with Crippen LogP contribution >= 0.6 is 0 Å². The molecule has 0 aromatic heterocycles. The second-order valence-corrected chi connectivity index (χ2v) is 4.13. The maximum absolute atomic E-state index is 10.6. The SMILES string of the molecule is CN1CCC(O)C1=O.CN1CCC(O)C1=O. The first kappa shape index (κ1) is 12.9. The van der Waals surface area contributed by atoms with Gasteiger partial charge in [-0.15, -0.1) is 0 Å². The van der Waals surface area contributed by atoms with Crippen molar-refractivity contribution in [3.63, 3.8) is 0 Å². The van der Waals surface area contributed by atoms with Crippen LogP contribution in [0.1, 0.15) is 12.8 Å². The summed E-state index contributed by atoms with van der Waals surface area (Å²) in [6, 6.07) is 0. The number of carbonyl (C=O) groups excluding carboxylic acids is 2. The summed E-state index contributed by atoms with van der Waals surface area (Å²) >= 11 is 0. The van der Waals surface area contributed by atoms with Gasteiger partial charge in [0, 0.05) is 27.2 Å². The lowest BCUT2D eigenvalue weighted by Gasteiger charge is -2.04. The largest absolute Gasteiger partial charge is 0.383 e. The molecule has 2 fully saturated rings. The number of likely N-dealkylation sites (tertiary alicyclic amines) is 2. The van der Waals surface area contributed by atoms with Crippen LogP contribution in [-0.2, 0) is 9.59 Å². The fourth-order valence-corrected chi connectivity index (χ4v) is 1.61. The number of aliphatic hydroxyl groups is 2. The van der Waals surface area contributed by atoms with E-state index in [2.05, 4.69) is 0 Å². The molecule has 16 heavy (non-hydrogen) atoms. The van der Waals surface area contributed by atoms with E-state index in [-0.39, 0.29) is 11.8 Å². The molecule has 0 spiro atoms. The highest BCUT2D eigenvalue weighted by Crippen LogP contribution is 2.07. The lowest BCUT2D eigenvalue weighted by Crippen LogP contribution is -2.24. The minimum absolute atomic E-state index is 0.148. The average molecular weight is 230 g/mol. The molecule has 2 aliphatic heterocycles. The van der Waals surface area contributed by atoms with Gasteiger partial charge in [0.05, 0.1) is 0 Å². The molecule has 2 atom stereocenters. The Morgan fingerprint density at radius 2 is 1.25 bits per heavy atom. The Morgan fingerprint density at radius 1 is 0.938 bits per heavy atom. The normalized spacial score (nSPS) is 29.5. The molecular formula is C10H18N2O4. The molecule has 2 rings (SSSR count). The average Bonchev–Trinajstić information content (AvgIpc) is 2.70. The van der Waals surface area contributed by atoms with Gasteiger partial charge in [-0.1, -0.05) is 0 Å². The molecule has 0 aliphatic carbocycles. The van der Waals surface area contributed by atoms with Crippen LogP contribution in [0.2, 0.25) is 0 Å². The minimum atomic E-state index is -0.722. The minimum Gasteiger partial charge on any atom is -0.383 e. The van der Waals surface area contributed by atoms with E-state index in [0.29, 0.717) is 25.9 Å². The van der Waals surface area contributed by atoms with E-state index in [4.69, 9.17) is 10.2 Å². The van der Waals surface area contributed by atoms with Crippen molar-refractivity contribution in [2.75, 3.05) is 27.2 Å². The van der Waals surface area contributed by atoms with Gasteiger partial charge >= 0.3 is 0 Å². The predicted octanol–water partition coefficient (Wildman–Crippen LogP) is -1.58. The van der Waals surface area contributed by atoms with Crippen LogP contribution < -0.4 is 0 Å². The van der Waals surface area contributed by atoms with E-state index in [1.54, 1.807) is 14.1 Å². The topological polar surface area (TPSA) is 81.1 Å². The summed E-state index contributed by atoms with van der Waals surface area (Å²) in [5, 5.41) is 17.6. The maximum atomic E-state index is 10.6. The summed E-state index contributed by atoms with van der Waals surface area (Å²) in [5.74, 6) is -0.296. The molecule has 2 N–H and O–H groups in total. The number of hydrogen-bond donors (Lipinski definition) is 2. The third-order valence-corrected chi connectivity index (χ3v) is 2.80. The Balaban J connectivity index is 0.000000160. The molecule has 0 bridgehead atoms. The second kappa shape index (κ2) is 5.27. The predicted molar refractivity (Wildman–Crippen MR) is 56.5 cm³/mol. The fourth-order valence-electron chi connectivity index (χ4n) is 1.61. The first-order valence-corrected chi connectivity index (χ1v) is 5.29. The van der Waals surface area contributed by atoms with Crippen LogP contribution in [-0.4, -0.2) is 71.2 Å². The number of aliphatic hydroxyl groups excluding tert-OH is 2. The van der Waals surface area contributed by atoms with Crippen molar-refractivity contribution in [3.05, 3.63) is 0 Å². The third kappa shape index (κ3) is 2.93. The number of carbonyl (C=O) groups is 2. The van der Waals surface area contributed by atoms with Crippen LogP contribution in [0.25, 0.3) is 0 Å². The molecule has 2 aliphatic rings. The van der Waals surface area contributed by atoms with Gasteiger partial charge in [0.2, 0.25) is 0 Å². The molecule has 2 amide bonds. The van der Waals surface area contributed by atoms with E-state index >= 15 is 0 Å². The summed E-state index contributed by atoms with van der Waals surface area (Å²) in [6.45, 7) is 1.39. The van der Waals surface area contributed by atoms with E-state index in [1.165, 1.54) is 9.80 Å². The molecule has 92 valence electrons. The van der Waals surface area contributed by atoms with Crippen LogP contribution in [0.4, 0.5) is 0 Å². The molecule has 0 saturated carbocycles. The molecule has 2 unspecified atom stereocenters. The third-order valence-electron chi connectivity index (χ3n) is 2.80. The van der Waals surface area contributed by atoms with Gasteiger partial charge in [0.15, 0.2) is 0 Å². The van der Waals surface area contributed by atoms with Gasteiger partial charge in [0.1, 0.15) is 12.2 Å². The molecule has 6 nitrogen and oxygen atoms in total. The second-order valence-electron chi connectivity index (χ2n) is 4.13. The lowest BCUT2D eigenvalue weighted by molar-refractivity contribution is -0.133. The smallest absolute Gasteiger partial charge is 0.251 e. The van der Waals surface area contributed by atoms with Crippen molar-refractivity contribution in [2.24, 2.45) is 0 Å². The summed E-state index contributed by atoms with van der Waals surface area (Å²) < 4.78 is 0. The summed E-state index contributed by atoms with van der Waals surface area (Å²) in [4.78, 5) is 24.2. The standard InChI is InChI=1S/2C5H9NO2/c2*1-6-3-2-4(7)5(6)8/h2*4,7H,2-3H2,1H3. The Kier molecular flexibility index (Phi) is 4.26. The summed E-state index contributed by atoms with van der Waals surface area (Å²) in [5.41, 5.74) is 0. The molecular weight excluding hydrogens is 212 g/mol. The molecule has 2 heterocycles. The number of rotatable bonds is 0. The van der Waals surface area contributed by atoms with Crippen molar-refractivity contribution in [1.82, 2.24) is 9.80 Å². The molecule has 0 radical (unpaired) electrons. The molecule has 2 saturated heterocycles. The van der Waals surface area contributed by atoms with Crippen molar-refractivity contribution >= 4 is 11.8 Å². The molecule has 6 heteroatoms. The highest BCUT2D eigenvalue weighted by atomic mass is 16.3. The molecule has 0 aromatic carbocycles. The van der Waals surface area contributed by atoms with Crippen molar-refractivity contribution in [1.29, 1.82) is 0 Å². The highest BCUT2D eigenvalue weighted by Gasteiger charge is 2.26. The van der Waals surface area contributed by atoms with E-state index in [0.717, 1.165) is 0 Å². The van der Waals surface area contributed by atoms with Gasteiger partial charge in [0.25, 0.3) is 11.8 Å². The number of likely N-dealkylation sites (N-methyl/N-ethyl adjacent to an activating group) is 2. The van der Waals surface area contributed by atoms with Gasteiger partial charge in [-0.2, -0.15) is 0 Å². The van der Waals surface area contributed by atoms with Gasteiger partial charge in [-0.05, 0) is 12.8 Å². The molecule has 0 aromatic rings. The maximum Gasteiger partial charge on any atom is 0.251 e. The zero-order valence-electron chi connectivity index (χ0n) is 9.59. The van der Waals surface area contributed by atoms with Crippen LogP contribution in [0.5, 0.6) is 0 Å². The summed E-state index contributed by atoms with van der Waals surface area (Å²) in [6.07, 6.45) is -0.259. The Labute approximate surface area is 94.4 Å². The van der Waals surface area contributed by atoms with Crippen molar-refractivity contribution in [3.8, 4) is 0 Å². The van der Waals surface area contributed by atoms with E-state index in [9.17, 15) is 9.59 Å². The van der Waals surface area contributed by atoms with Crippen LogP contribution in [0.15, 0.2) is 0 Å². The zero-order chi connectivity index (χ0) is 12.3. The van der Waals surface area contributed by atoms with Crippen molar-refractivity contribution in [2.45, 2.75) is 25.0 Å². The Morgan fingerprint density at radius 3 is 1.31 bits per heavy atom. The van der Waals surface area contributed by atoms with E-state index in [1.807, 2.05) is 0 Å². The summed E-state index contributed by atoms with van der Waals surface area (Å²) in [7, 11) is 3.39. The van der Waals surface area contributed by atoms with E-state index < -0.39 is 12.2 Å². The monoisotopic (exact) mass is 230 g/mol. The van der Waals surface area contributed by atoms with Crippen LogP contribution in [0, 0.1) is 0 Å². The first-order valence-electron chi connectivity index (χ1n) is 5.29. The number of nitrogens with zero attached hydrogens (tertiary/aromatic N) is 2. The van der Waals surface area contributed by atoms with Gasteiger partial charge < -0.3 is 20.0 Å². The first-order chi connectivity index (χ1) is 7.43.